The fourth-order valence-corrected chi connectivity index (χ4v) is 9.99. The van der Waals surface area contributed by atoms with E-state index in [9.17, 15) is 0 Å². The van der Waals surface area contributed by atoms with Crippen molar-refractivity contribution < 1.29 is 37.9 Å². The Morgan fingerprint density at radius 1 is 0.316 bits per heavy atom. The third-order valence-corrected chi connectivity index (χ3v) is 14.5. The molecule has 406 valence electrons. The maximum atomic E-state index is 7.26. The molecule has 0 saturated carbocycles. The van der Waals surface area contributed by atoms with Crippen molar-refractivity contribution in [2.75, 3.05) is 66.1 Å². The van der Waals surface area contributed by atoms with Gasteiger partial charge >= 0.3 is 0 Å². The lowest BCUT2D eigenvalue weighted by Crippen LogP contribution is -2.18. The summed E-state index contributed by atoms with van der Waals surface area (Å²) in [7, 11) is 0. The van der Waals surface area contributed by atoms with E-state index in [2.05, 4.69) is 192 Å². The van der Waals surface area contributed by atoms with Crippen molar-refractivity contribution in [1.82, 2.24) is 0 Å². The smallest absolute Gasteiger partial charge is 0.126 e. The lowest BCUT2D eigenvalue weighted by atomic mass is 9.79. The zero-order valence-corrected chi connectivity index (χ0v) is 48.0. The molecule has 0 saturated heterocycles. The Hall–Kier alpha value is -5.64. The Morgan fingerprint density at radius 2 is 0.553 bits per heavy atom. The first-order chi connectivity index (χ1) is 36.2. The van der Waals surface area contributed by atoms with Gasteiger partial charge in [-0.25, -0.2) is 0 Å². The highest BCUT2D eigenvalue weighted by Crippen LogP contribution is 2.45. The fourth-order valence-electron chi connectivity index (χ4n) is 9.99. The van der Waals surface area contributed by atoms with E-state index < -0.39 is 0 Å². The molecule has 0 spiro atoms. The van der Waals surface area contributed by atoms with Crippen molar-refractivity contribution in [3.05, 3.63) is 187 Å². The predicted molar refractivity (Wildman–Crippen MR) is 308 cm³/mol. The highest BCUT2D eigenvalue weighted by molar-refractivity contribution is 5.60. The quantitative estimate of drug-likeness (QED) is 0.163. The SMILES string of the molecule is CC(C)(C)c1cc2c3c(c1)Cc1cc(C(C)(C)C)cc(c1OCc1ccccc1)Cc1cc(C(C)(C)C)cc(c1OCCOCCOCCOCCOCCO3)Cc1cc(C(C)(C)C)cc(c1OCc1ccccc1)C2. The summed E-state index contributed by atoms with van der Waals surface area (Å²) in [6.07, 6.45) is 2.29. The van der Waals surface area contributed by atoms with Crippen molar-refractivity contribution in [2.24, 2.45) is 0 Å². The monoisotopic (exact) mass is 1030 g/mol. The number of hydrogen-bond donors (Lipinski definition) is 0. The molecule has 6 aromatic rings. The van der Waals surface area contributed by atoms with Gasteiger partial charge < -0.3 is 37.9 Å². The number of hydrogen-bond acceptors (Lipinski definition) is 8. The van der Waals surface area contributed by atoms with Gasteiger partial charge in [0.25, 0.3) is 0 Å². The van der Waals surface area contributed by atoms with E-state index in [-0.39, 0.29) is 21.7 Å². The van der Waals surface area contributed by atoms with E-state index in [1.54, 1.807) is 0 Å². The van der Waals surface area contributed by atoms with E-state index in [0.717, 1.165) is 78.6 Å². The van der Waals surface area contributed by atoms with Crippen molar-refractivity contribution in [2.45, 2.75) is 144 Å². The molecule has 8 nitrogen and oxygen atoms in total. The molecule has 1 aliphatic carbocycles. The minimum absolute atomic E-state index is 0.176. The Bertz CT molecular complexity index is 2560. The largest absolute Gasteiger partial charge is 0.491 e. The predicted octanol–water partition coefficient (Wildman–Crippen LogP) is 14.5. The van der Waals surface area contributed by atoms with Crippen molar-refractivity contribution in [3.8, 4) is 23.0 Å². The van der Waals surface area contributed by atoms with E-state index in [4.69, 9.17) is 37.9 Å². The van der Waals surface area contributed by atoms with Crippen LogP contribution in [0.5, 0.6) is 23.0 Å². The second kappa shape index (κ2) is 24.8. The highest BCUT2D eigenvalue weighted by Gasteiger charge is 2.30. The molecule has 8 heteroatoms. The summed E-state index contributed by atoms with van der Waals surface area (Å²) < 4.78 is 53.0. The van der Waals surface area contributed by atoms with Crippen LogP contribution in [-0.4, -0.2) is 66.1 Å². The van der Waals surface area contributed by atoms with Gasteiger partial charge in [0.2, 0.25) is 0 Å². The average molecular weight is 1030 g/mol. The summed E-state index contributed by atoms with van der Waals surface area (Å²) in [5.41, 5.74) is 15.3. The summed E-state index contributed by atoms with van der Waals surface area (Å²) in [6.45, 7) is 32.8. The van der Waals surface area contributed by atoms with Crippen LogP contribution in [0.2, 0.25) is 0 Å². The topological polar surface area (TPSA) is 73.8 Å². The van der Waals surface area contributed by atoms with Crippen LogP contribution in [-0.2, 0) is 79.5 Å². The van der Waals surface area contributed by atoms with E-state index in [1.165, 1.54) is 22.3 Å². The molecular weight excluding hydrogens is 945 g/mol. The molecule has 0 atom stereocenters. The van der Waals surface area contributed by atoms with E-state index in [0.29, 0.717) is 105 Å². The summed E-state index contributed by atoms with van der Waals surface area (Å²) in [4.78, 5) is 0. The number of fused-ring (bicyclic) bond motifs is 2. The fraction of sp³-hybridized carbons (Fsp3) is 0.471. The zero-order valence-electron chi connectivity index (χ0n) is 48.0. The van der Waals surface area contributed by atoms with E-state index in [1.807, 2.05) is 0 Å². The summed E-state index contributed by atoms with van der Waals surface area (Å²) in [5.74, 6) is 3.52. The maximum absolute atomic E-state index is 7.26. The van der Waals surface area contributed by atoms with Crippen LogP contribution in [0.25, 0.3) is 0 Å². The summed E-state index contributed by atoms with van der Waals surface area (Å²) in [5, 5.41) is 0. The van der Waals surface area contributed by atoms with Gasteiger partial charge in [-0.1, -0.05) is 192 Å². The Labute approximate surface area is 455 Å². The maximum Gasteiger partial charge on any atom is 0.126 e. The van der Waals surface area contributed by atoms with E-state index >= 15 is 0 Å². The normalized spacial score (nSPS) is 15.8. The molecule has 76 heavy (non-hydrogen) atoms. The Kier molecular flexibility index (Phi) is 18.4. The van der Waals surface area contributed by atoms with Gasteiger partial charge in [-0.2, -0.15) is 0 Å². The van der Waals surface area contributed by atoms with Crippen LogP contribution in [0.3, 0.4) is 0 Å². The molecule has 0 aromatic heterocycles. The van der Waals surface area contributed by atoms with Crippen LogP contribution in [0.4, 0.5) is 0 Å². The standard InChI is InChI=1S/C68H86O8/c1-65(2,3)57-37-49-33-53-41-59(67(7,8)9)43-55(63(53)75-45-47-19-15-13-16-20-47)35-51-39-58(66(4,5)6)40-52-36-56-44-60(68(10,11)12)42-54(64(56)76-46-48-21-17-14-18-22-48)34-50(38-57)61(49)73-31-29-71-27-25-69-23-24-70-26-28-72-30-32-74-62(51)52/h13-22,37-44H,23-36,45-46H2,1-12H3. The first-order valence-electron chi connectivity index (χ1n) is 27.8. The third kappa shape index (κ3) is 15.1. The van der Waals surface area contributed by atoms with Crippen molar-refractivity contribution in [1.29, 1.82) is 0 Å². The summed E-state index contributed by atoms with van der Waals surface area (Å²) >= 11 is 0. The molecule has 0 unspecified atom stereocenters. The number of benzene rings is 6. The number of ether oxygens (including phenoxy) is 8. The molecular formula is C68H86O8. The molecule has 1 aliphatic heterocycles. The van der Waals surface area contributed by atoms with Crippen molar-refractivity contribution >= 4 is 0 Å². The first kappa shape index (κ1) is 56.6. The first-order valence-corrected chi connectivity index (χ1v) is 27.8. The molecule has 0 N–H and O–H groups in total. The van der Waals surface area contributed by atoms with Crippen LogP contribution < -0.4 is 18.9 Å². The second-order valence-corrected chi connectivity index (χ2v) is 24.9. The van der Waals surface area contributed by atoms with Gasteiger partial charge in [0, 0.05) is 25.7 Å². The summed E-state index contributed by atoms with van der Waals surface area (Å²) in [6, 6.07) is 40.1. The number of rotatable bonds is 6. The molecule has 0 radical (unpaired) electrons. The Balaban J connectivity index is 1.46. The van der Waals surface area contributed by atoms with Gasteiger partial charge in [-0.15, -0.1) is 0 Å². The minimum atomic E-state index is -0.179. The lowest BCUT2D eigenvalue weighted by molar-refractivity contribution is -0.00706. The third-order valence-electron chi connectivity index (χ3n) is 14.5. The van der Waals surface area contributed by atoms with Gasteiger partial charge in [-0.3, -0.25) is 0 Å². The molecule has 2 aliphatic rings. The molecule has 8 rings (SSSR count). The van der Waals surface area contributed by atoms with Crippen LogP contribution in [0, 0.1) is 0 Å². The molecule has 10 bridgehead atoms. The minimum Gasteiger partial charge on any atom is -0.491 e. The molecule has 1 heterocycles. The Morgan fingerprint density at radius 3 is 0.803 bits per heavy atom. The lowest BCUT2D eigenvalue weighted by Gasteiger charge is -2.29. The van der Waals surface area contributed by atoms with Crippen LogP contribution in [0.15, 0.2) is 109 Å². The second-order valence-electron chi connectivity index (χ2n) is 24.9. The van der Waals surface area contributed by atoms with Crippen LogP contribution >= 0.6 is 0 Å². The average Bonchev–Trinajstić information content (AvgIpc) is 3.35. The van der Waals surface area contributed by atoms with Gasteiger partial charge in [0.15, 0.2) is 0 Å². The molecule has 6 aromatic carbocycles. The highest BCUT2D eigenvalue weighted by atomic mass is 16.6. The van der Waals surface area contributed by atoms with Crippen LogP contribution in [0.1, 0.15) is 161 Å². The molecule has 0 fully saturated rings. The van der Waals surface area contributed by atoms with Crippen molar-refractivity contribution in [3.63, 3.8) is 0 Å². The zero-order chi connectivity index (χ0) is 54.1. The van der Waals surface area contributed by atoms with Gasteiger partial charge in [-0.05, 0) is 99.5 Å². The van der Waals surface area contributed by atoms with Gasteiger partial charge in [0.1, 0.15) is 49.4 Å². The van der Waals surface area contributed by atoms with Gasteiger partial charge in [0.05, 0.1) is 52.9 Å². The molecule has 0 amide bonds.